The SMILES string of the molecule is C=C(C)SC(=C)C(=CC)SC. The van der Waals surface area contributed by atoms with Crippen molar-refractivity contribution in [2.45, 2.75) is 13.8 Å². The van der Waals surface area contributed by atoms with Gasteiger partial charge in [-0.2, -0.15) is 0 Å². The van der Waals surface area contributed by atoms with Gasteiger partial charge < -0.3 is 0 Å². The molecule has 0 aliphatic rings. The van der Waals surface area contributed by atoms with Crippen LogP contribution < -0.4 is 0 Å². The molecule has 0 aromatic carbocycles. The van der Waals surface area contributed by atoms with Crippen molar-refractivity contribution in [1.82, 2.24) is 0 Å². The zero-order chi connectivity index (χ0) is 8.85. The van der Waals surface area contributed by atoms with Crippen molar-refractivity contribution in [3.05, 3.63) is 33.9 Å². The fourth-order valence-electron chi connectivity index (χ4n) is 0.653. The molecule has 0 heterocycles. The number of rotatable bonds is 4. The van der Waals surface area contributed by atoms with Crippen LogP contribution >= 0.6 is 23.5 Å². The lowest BCUT2D eigenvalue weighted by Gasteiger charge is -2.05. The van der Waals surface area contributed by atoms with E-state index in [1.165, 1.54) is 4.91 Å². The monoisotopic (exact) mass is 186 g/mol. The van der Waals surface area contributed by atoms with E-state index in [4.69, 9.17) is 0 Å². The molecule has 0 atom stereocenters. The molecule has 0 saturated carbocycles. The molecule has 11 heavy (non-hydrogen) atoms. The molecule has 0 bridgehead atoms. The van der Waals surface area contributed by atoms with Gasteiger partial charge >= 0.3 is 0 Å². The average molecular weight is 186 g/mol. The summed E-state index contributed by atoms with van der Waals surface area (Å²) in [6.45, 7) is 11.8. The standard InChI is InChI=1S/C9H14S2/c1-6-9(10-5)8(4)11-7(2)3/h6H,2,4H2,1,3,5H3. The van der Waals surface area contributed by atoms with E-state index in [0.717, 1.165) is 9.81 Å². The van der Waals surface area contributed by atoms with Crippen molar-refractivity contribution < 1.29 is 0 Å². The van der Waals surface area contributed by atoms with Crippen LogP contribution in [0.1, 0.15) is 13.8 Å². The quantitative estimate of drug-likeness (QED) is 0.608. The third kappa shape index (κ3) is 4.38. The maximum absolute atomic E-state index is 3.95. The molecule has 0 rings (SSSR count). The molecule has 0 radical (unpaired) electrons. The Hall–Kier alpha value is -0.0800. The lowest BCUT2D eigenvalue weighted by Crippen LogP contribution is -1.76. The highest BCUT2D eigenvalue weighted by Crippen LogP contribution is 2.32. The number of hydrogen-bond donors (Lipinski definition) is 0. The summed E-state index contributed by atoms with van der Waals surface area (Å²) in [5.41, 5.74) is 0. The maximum Gasteiger partial charge on any atom is 0.0179 e. The molecule has 0 saturated heterocycles. The van der Waals surface area contributed by atoms with Crippen LogP contribution in [0.15, 0.2) is 33.9 Å². The fraction of sp³-hybridized carbons (Fsp3) is 0.333. The first-order chi connectivity index (χ1) is 5.11. The summed E-state index contributed by atoms with van der Waals surface area (Å²) >= 11 is 3.35. The second-order valence-corrected chi connectivity index (χ2v) is 4.33. The minimum atomic E-state index is 1.09. The van der Waals surface area contributed by atoms with Crippen LogP contribution in [-0.4, -0.2) is 6.26 Å². The van der Waals surface area contributed by atoms with Gasteiger partial charge in [0, 0.05) is 9.81 Å². The Kier molecular flexibility index (Phi) is 5.51. The third-order valence-electron chi connectivity index (χ3n) is 1.05. The minimum absolute atomic E-state index is 1.09. The Labute approximate surface area is 77.8 Å². The summed E-state index contributed by atoms with van der Waals surface area (Å²) in [7, 11) is 0. The van der Waals surface area contributed by atoms with E-state index in [-0.39, 0.29) is 0 Å². The van der Waals surface area contributed by atoms with E-state index >= 15 is 0 Å². The first-order valence-corrected chi connectivity index (χ1v) is 5.38. The van der Waals surface area contributed by atoms with Crippen LogP contribution in [0.2, 0.25) is 0 Å². The Morgan fingerprint density at radius 1 is 1.36 bits per heavy atom. The third-order valence-corrected chi connectivity index (χ3v) is 2.92. The molecule has 2 heteroatoms. The summed E-state index contributed by atoms with van der Waals surface area (Å²) in [6.07, 6.45) is 4.13. The Morgan fingerprint density at radius 3 is 2.18 bits per heavy atom. The van der Waals surface area contributed by atoms with Crippen LogP contribution in [0, 0.1) is 0 Å². The second kappa shape index (κ2) is 5.56. The van der Waals surface area contributed by atoms with Crippen molar-refractivity contribution in [3.63, 3.8) is 0 Å². The van der Waals surface area contributed by atoms with E-state index in [0.29, 0.717) is 0 Å². The molecule has 0 aromatic rings. The van der Waals surface area contributed by atoms with E-state index in [1.54, 1.807) is 23.5 Å². The van der Waals surface area contributed by atoms with Gasteiger partial charge in [-0.05, 0) is 25.0 Å². The molecule has 0 unspecified atom stereocenters. The van der Waals surface area contributed by atoms with Gasteiger partial charge in [-0.25, -0.2) is 0 Å². The van der Waals surface area contributed by atoms with Gasteiger partial charge in [-0.1, -0.05) is 31.0 Å². The topological polar surface area (TPSA) is 0 Å². The first-order valence-electron chi connectivity index (χ1n) is 3.34. The molecular weight excluding hydrogens is 172 g/mol. The predicted molar refractivity (Wildman–Crippen MR) is 58.8 cm³/mol. The van der Waals surface area contributed by atoms with Crippen molar-refractivity contribution in [2.24, 2.45) is 0 Å². The zero-order valence-electron chi connectivity index (χ0n) is 7.31. The molecule has 0 aliphatic carbocycles. The normalized spacial score (nSPS) is 11.4. The number of allylic oxidation sites excluding steroid dienone is 2. The summed E-state index contributed by atoms with van der Waals surface area (Å²) in [5, 5.41) is 0. The average Bonchev–Trinajstić information content (AvgIpc) is 1.88. The Morgan fingerprint density at radius 2 is 1.91 bits per heavy atom. The lowest BCUT2D eigenvalue weighted by atomic mass is 10.5. The summed E-state index contributed by atoms with van der Waals surface area (Å²) in [6, 6.07) is 0. The van der Waals surface area contributed by atoms with Gasteiger partial charge in [0.05, 0.1) is 0 Å². The summed E-state index contributed by atoms with van der Waals surface area (Å²) in [4.78, 5) is 3.41. The highest BCUT2D eigenvalue weighted by molar-refractivity contribution is 8.10. The smallest absolute Gasteiger partial charge is 0.0179 e. The van der Waals surface area contributed by atoms with Crippen LogP contribution in [0.3, 0.4) is 0 Å². The predicted octanol–water partition coefficient (Wildman–Crippen LogP) is 4.03. The van der Waals surface area contributed by atoms with E-state index in [1.807, 2.05) is 13.8 Å². The molecule has 0 N–H and O–H groups in total. The fourth-order valence-corrected chi connectivity index (χ4v) is 2.13. The van der Waals surface area contributed by atoms with Gasteiger partial charge in [-0.3, -0.25) is 0 Å². The van der Waals surface area contributed by atoms with Crippen LogP contribution in [0.25, 0.3) is 0 Å². The summed E-state index contributed by atoms with van der Waals surface area (Å²) in [5.74, 6) is 0. The molecule has 0 aromatic heterocycles. The van der Waals surface area contributed by atoms with Crippen molar-refractivity contribution in [3.8, 4) is 0 Å². The van der Waals surface area contributed by atoms with Crippen LogP contribution in [0.5, 0.6) is 0 Å². The van der Waals surface area contributed by atoms with Crippen molar-refractivity contribution in [1.29, 1.82) is 0 Å². The van der Waals surface area contributed by atoms with Gasteiger partial charge in [0.1, 0.15) is 0 Å². The second-order valence-electron chi connectivity index (χ2n) is 2.08. The van der Waals surface area contributed by atoms with Gasteiger partial charge in [0.25, 0.3) is 0 Å². The summed E-state index contributed by atoms with van der Waals surface area (Å²) < 4.78 is 0. The largest absolute Gasteiger partial charge is 0.129 e. The number of hydrogen-bond acceptors (Lipinski definition) is 2. The van der Waals surface area contributed by atoms with E-state index in [9.17, 15) is 0 Å². The maximum atomic E-state index is 3.95. The Balaban J connectivity index is 4.12. The van der Waals surface area contributed by atoms with E-state index < -0.39 is 0 Å². The van der Waals surface area contributed by atoms with Crippen LogP contribution in [0.4, 0.5) is 0 Å². The van der Waals surface area contributed by atoms with E-state index in [2.05, 4.69) is 25.5 Å². The van der Waals surface area contributed by atoms with Gasteiger partial charge in [0.15, 0.2) is 0 Å². The lowest BCUT2D eigenvalue weighted by molar-refractivity contribution is 1.68. The highest BCUT2D eigenvalue weighted by Gasteiger charge is 2.00. The molecule has 0 nitrogen and oxygen atoms in total. The van der Waals surface area contributed by atoms with Gasteiger partial charge in [0.2, 0.25) is 0 Å². The van der Waals surface area contributed by atoms with Crippen LogP contribution in [-0.2, 0) is 0 Å². The van der Waals surface area contributed by atoms with Gasteiger partial charge in [-0.15, -0.1) is 11.8 Å². The molecule has 62 valence electrons. The number of thioether (sulfide) groups is 2. The zero-order valence-corrected chi connectivity index (χ0v) is 8.94. The molecule has 0 spiro atoms. The van der Waals surface area contributed by atoms with Crippen molar-refractivity contribution in [2.75, 3.05) is 6.26 Å². The highest BCUT2D eigenvalue weighted by atomic mass is 32.2. The Bertz CT molecular complexity index is 190. The minimum Gasteiger partial charge on any atom is -0.129 e. The molecule has 0 amide bonds. The molecule has 0 fully saturated rings. The molecule has 0 aliphatic heterocycles. The molecular formula is C9H14S2. The first kappa shape index (κ1) is 10.9. The van der Waals surface area contributed by atoms with Crippen molar-refractivity contribution >= 4 is 23.5 Å².